The molecule has 5 nitrogen and oxygen atoms in total. The lowest BCUT2D eigenvalue weighted by Gasteiger charge is -2.06. The molecule has 0 aliphatic rings. The largest absolute Gasteiger partial charge is 0.462 e. The van der Waals surface area contributed by atoms with E-state index in [0.29, 0.717) is 18.1 Å². The van der Waals surface area contributed by atoms with E-state index in [9.17, 15) is 4.79 Å². The van der Waals surface area contributed by atoms with Gasteiger partial charge in [-0.05, 0) is 49.2 Å². The van der Waals surface area contributed by atoms with Crippen LogP contribution in [0.1, 0.15) is 29.3 Å². The summed E-state index contributed by atoms with van der Waals surface area (Å²) in [4.78, 5) is 19.6. The van der Waals surface area contributed by atoms with Gasteiger partial charge in [-0.1, -0.05) is 19.1 Å². The number of esters is 1. The molecule has 118 valence electrons. The fourth-order valence-corrected chi connectivity index (χ4v) is 2.32. The lowest BCUT2D eigenvalue weighted by Crippen LogP contribution is -2.06. The second-order valence-electron chi connectivity index (χ2n) is 5.45. The molecule has 0 radical (unpaired) electrons. The molecule has 0 unspecified atom stereocenters. The third-order valence-electron chi connectivity index (χ3n) is 3.44. The number of ether oxygens (including phenoxy) is 1. The number of carbonyl (C=O) groups is 1. The average Bonchev–Trinajstić information content (AvgIpc) is 2.94. The summed E-state index contributed by atoms with van der Waals surface area (Å²) >= 11 is 0. The fraction of sp³-hybridized carbons (Fsp3) is 0.222. The van der Waals surface area contributed by atoms with E-state index in [1.807, 2.05) is 44.2 Å². The molecular formula is C18H19N3O2. The number of hydrogen-bond donors (Lipinski definition) is 2. The zero-order chi connectivity index (χ0) is 16.2. The molecule has 0 saturated heterocycles. The monoisotopic (exact) mass is 309 g/mol. The van der Waals surface area contributed by atoms with Crippen molar-refractivity contribution < 1.29 is 9.53 Å². The Labute approximate surface area is 134 Å². The minimum absolute atomic E-state index is 0.310. The Morgan fingerprint density at radius 1 is 1.26 bits per heavy atom. The Morgan fingerprint density at radius 3 is 2.96 bits per heavy atom. The molecule has 0 aliphatic carbocycles. The van der Waals surface area contributed by atoms with Gasteiger partial charge in [-0.25, -0.2) is 9.78 Å². The molecule has 23 heavy (non-hydrogen) atoms. The summed E-state index contributed by atoms with van der Waals surface area (Å²) in [7, 11) is 0. The van der Waals surface area contributed by atoms with Gasteiger partial charge in [0.15, 0.2) is 0 Å². The van der Waals surface area contributed by atoms with Crippen molar-refractivity contribution in [3.8, 4) is 0 Å². The minimum atomic E-state index is -0.310. The Balaban J connectivity index is 1.80. The van der Waals surface area contributed by atoms with Gasteiger partial charge in [0.2, 0.25) is 5.95 Å². The smallest absolute Gasteiger partial charge is 0.338 e. The highest BCUT2D eigenvalue weighted by molar-refractivity contribution is 5.90. The molecule has 5 heteroatoms. The van der Waals surface area contributed by atoms with Crippen molar-refractivity contribution in [2.45, 2.75) is 20.3 Å². The van der Waals surface area contributed by atoms with Crippen molar-refractivity contribution in [3.05, 3.63) is 53.6 Å². The van der Waals surface area contributed by atoms with Gasteiger partial charge in [-0.3, -0.25) is 0 Å². The SMILES string of the molecule is CCCOC(=O)c1cccc(Nc2nc3ccc(C)cc3[nH]2)c1. The van der Waals surface area contributed by atoms with Crippen LogP contribution >= 0.6 is 0 Å². The molecule has 1 heterocycles. The highest BCUT2D eigenvalue weighted by Gasteiger charge is 2.08. The summed E-state index contributed by atoms with van der Waals surface area (Å²) in [6.45, 7) is 4.44. The first-order chi connectivity index (χ1) is 11.2. The molecule has 0 aliphatic heterocycles. The number of imidazole rings is 1. The van der Waals surface area contributed by atoms with E-state index < -0.39 is 0 Å². The van der Waals surface area contributed by atoms with E-state index >= 15 is 0 Å². The number of carbonyl (C=O) groups excluding carboxylic acids is 1. The highest BCUT2D eigenvalue weighted by atomic mass is 16.5. The Morgan fingerprint density at radius 2 is 2.13 bits per heavy atom. The maximum Gasteiger partial charge on any atom is 0.338 e. The lowest BCUT2D eigenvalue weighted by atomic mass is 10.2. The van der Waals surface area contributed by atoms with Crippen molar-refractivity contribution in [2.75, 3.05) is 11.9 Å². The third-order valence-corrected chi connectivity index (χ3v) is 3.44. The van der Waals surface area contributed by atoms with Gasteiger partial charge in [0.1, 0.15) is 0 Å². The van der Waals surface area contributed by atoms with Gasteiger partial charge in [0.25, 0.3) is 0 Å². The van der Waals surface area contributed by atoms with E-state index in [0.717, 1.165) is 23.1 Å². The second kappa shape index (κ2) is 6.52. The van der Waals surface area contributed by atoms with Crippen LogP contribution in [-0.2, 0) is 4.74 Å². The normalized spacial score (nSPS) is 10.7. The minimum Gasteiger partial charge on any atom is -0.462 e. The first kappa shape index (κ1) is 15.1. The topological polar surface area (TPSA) is 67.0 Å². The summed E-state index contributed by atoms with van der Waals surface area (Å²) in [5, 5.41) is 3.19. The summed E-state index contributed by atoms with van der Waals surface area (Å²) < 4.78 is 5.15. The molecule has 0 fully saturated rings. The van der Waals surface area contributed by atoms with Crippen LogP contribution in [0.3, 0.4) is 0 Å². The van der Waals surface area contributed by atoms with Gasteiger partial charge >= 0.3 is 5.97 Å². The van der Waals surface area contributed by atoms with Crippen molar-refractivity contribution in [3.63, 3.8) is 0 Å². The number of aromatic nitrogens is 2. The Hall–Kier alpha value is -2.82. The molecule has 0 amide bonds. The van der Waals surface area contributed by atoms with Crippen LogP contribution in [0.5, 0.6) is 0 Å². The van der Waals surface area contributed by atoms with Gasteiger partial charge < -0.3 is 15.0 Å². The van der Waals surface area contributed by atoms with Crippen LogP contribution in [0.15, 0.2) is 42.5 Å². The van der Waals surface area contributed by atoms with Crippen LogP contribution in [0.4, 0.5) is 11.6 Å². The van der Waals surface area contributed by atoms with E-state index in [4.69, 9.17) is 4.74 Å². The molecule has 2 aromatic carbocycles. The summed E-state index contributed by atoms with van der Waals surface area (Å²) in [5.74, 6) is 0.334. The van der Waals surface area contributed by atoms with Crippen LogP contribution < -0.4 is 5.32 Å². The molecule has 3 aromatic rings. The number of benzene rings is 2. The van der Waals surface area contributed by atoms with Gasteiger partial charge in [0, 0.05) is 5.69 Å². The van der Waals surface area contributed by atoms with E-state index in [-0.39, 0.29) is 5.97 Å². The van der Waals surface area contributed by atoms with Crippen LogP contribution in [0.25, 0.3) is 11.0 Å². The van der Waals surface area contributed by atoms with Crippen molar-refractivity contribution in [1.29, 1.82) is 0 Å². The number of nitrogens with one attached hydrogen (secondary N) is 2. The number of rotatable bonds is 5. The van der Waals surface area contributed by atoms with E-state index in [1.54, 1.807) is 12.1 Å². The number of anilines is 2. The summed E-state index contributed by atoms with van der Waals surface area (Å²) in [6.07, 6.45) is 0.808. The highest BCUT2D eigenvalue weighted by Crippen LogP contribution is 2.20. The molecule has 0 atom stereocenters. The quantitative estimate of drug-likeness (QED) is 0.694. The lowest BCUT2D eigenvalue weighted by molar-refractivity contribution is 0.0505. The maximum atomic E-state index is 11.9. The standard InChI is InChI=1S/C18H19N3O2/c1-3-9-23-17(22)13-5-4-6-14(11-13)19-18-20-15-8-7-12(2)10-16(15)21-18/h4-8,10-11H,3,9H2,1-2H3,(H2,19,20,21). The number of aromatic amines is 1. The predicted octanol–water partition coefficient (Wildman–Crippen LogP) is 4.18. The molecule has 0 saturated carbocycles. The zero-order valence-corrected chi connectivity index (χ0v) is 13.2. The second-order valence-corrected chi connectivity index (χ2v) is 5.45. The molecule has 0 bridgehead atoms. The van der Waals surface area contributed by atoms with Gasteiger partial charge in [-0.15, -0.1) is 0 Å². The van der Waals surface area contributed by atoms with Crippen LogP contribution in [-0.4, -0.2) is 22.5 Å². The first-order valence-corrected chi connectivity index (χ1v) is 7.66. The number of fused-ring (bicyclic) bond motifs is 1. The Kier molecular flexibility index (Phi) is 4.28. The van der Waals surface area contributed by atoms with Crippen molar-refractivity contribution >= 4 is 28.6 Å². The molecule has 1 aromatic heterocycles. The van der Waals surface area contributed by atoms with Crippen molar-refractivity contribution in [1.82, 2.24) is 9.97 Å². The molecule has 0 spiro atoms. The fourth-order valence-electron chi connectivity index (χ4n) is 2.32. The Bertz CT molecular complexity index is 839. The number of hydrogen-bond acceptors (Lipinski definition) is 4. The zero-order valence-electron chi connectivity index (χ0n) is 13.2. The van der Waals surface area contributed by atoms with Crippen LogP contribution in [0, 0.1) is 6.92 Å². The predicted molar refractivity (Wildman–Crippen MR) is 91.1 cm³/mol. The van der Waals surface area contributed by atoms with E-state index in [1.165, 1.54) is 5.56 Å². The molecule has 2 N–H and O–H groups in total. The van der Waals surface area contributed by atoms with Crippen molar-refractivity contribution in [2.24, 2.45) is 0 Å². The number of H-pyrrole nitrogens is 1. The average molecular weight is 309 g/mol. The molecular weight excluding hydrogens is 290 g/mol. The summed E-state index contributed by atoms with van der Waals surface area (Å²) in [6, 6.07) is 13.3. The van der Waals surface area contributed by atoms with Gasteiger partial charge in [0.05, 0.1) is 23.2 Å². The number of nitrogens with zero attached hydrogens (tertiary/aromatic N) is 1. The van der Waals surface area contributed by atoms with E-state index in [2.05, 4.69) is 15.3 Å². The van der Waals surface area contributed by atoms with Crippen LogP contribution in [0.2, 0.25) is 0 Å². The van der Waals surface area contributed by atoms with Gasteiger partial charge in [-0.2, -0.15) is 0 Å². The third kappa shape index (κ3) is 3.51. The molecule has 3 rings (SSSR count). The number of aryl methyl sites for hydroxylation is 1. The summed E-state index contributed by atoms with van der Waals surface area (Å²) in [5.41, 5.74) is 4.36. The first-order valence-electron chi connectivity index (χ1n) is 7.66. The maximum absolute atomic E-state index is 11.9.